The van der Waals surface area contributed by atoms with Gasteiger partial charge in [0.25, 0.3) is 0 Å². The van der Waals surface area contributed by atoms with Crippen LogP contribution in [0.1, 0.15) is 12.5 Å². The molecule has 1 rings (SSSR count). The second-order valence-electron chi connectivity index (χ2n) is 3.56. The number of likely N-dealkylation sites (N-methyl/N-ethyl adjacent to an activating group) is 1. The highest BCUT2D eigenvalue weighted by Crippen LogP contribution is 2.03. The molecule has 1 N–H and O–H groups in total. The molecule has 1 atom stereocenters. The summed E-state index contributed by atoms with van der Waals surface area (Å²) in [7, 11) is 1.48. The van der Waals surface area contributed by atoms with Gasteiger partial charge in [0.1, 0.15) is 6.04 Å². The van der Waals surface area contributed by atoms with E-state index in [9.17, 15) is 9.59 Å². The van der Waals surface area contributed by atoms with Crippen molar-refractivity contribution in [1.29, 1.82) is 0 Å². The minimum Gasteiger partial charge on any atom is -0.480 e. The zero-order valence-electron chi connectivity index (χ0n) is 9.25. The molecular formula is C11H14N2O3. The fraction of sp³-hybridized carbons (Fsp3) is 0.364. The Morgan fingerprint density at radius 3 is 2.75 bits per heavy atom. The van der Waals surface area contributed by atoms with E-state index < -0.39 is 12.0 Å². The first-order valence-corrected chi connectivity index (χ1v) is 4.89. The van der Waals surface area contributed by atoms with E-state index >= 15 is 0 Å². The van der Waals surface area contributed by atoms with Crippen molar-refractivity contribution >= 4 is 11.9 Å². The lowest BCUT2D eigenvalue weighted by Crippen LogP contribution is -2.41. The predicted octanol–water partition coefficient (Wildman–Crippen LogP) is 0.556. The molecule has 5 heteroatoms. The molecule has 1 aromatic rings. The van der Waals surface area contributed by atoms with Crippen LogP contribution in [0.25, 0.3) is 0 Å². The standard InChI is InChI=1S/C11H14N2O3/c1-8(11(15)16)13(2)10(14)6-9-4-3-5-12-7-9/h3-5,7-8H,6H2,1-2H3,(H,15,16). The van der Waals surface area contributed by atoms with Crippen molar-refractivity contribution in [3.63, 3.8) is 0 Å². The van der Waals surface area contributed by atoms with Crippen LogP contribution < -0.4 is 0 Å². The fourth-order valence-corrected chi connectivity index (χ4v) is 1.18. The maximum atomic E-state index is 11.7. The molecule has 0 spiro atoms. The number of aromatic nitrogens is 1. The van der Waals surface area contributed by atoms with Crippen molar-refractivity contribution in [3.05, 3.63) is 30.1 Å². The van der Waals surface area contributed by atoms with E-state index in [1.165, 1.54) is 18.9 Å². The maximum Gasteiger partial charge on any atom is 0.326 e. The normalized spacial score (nSPS) is 11.9. The minimum absolute atomic E-state index is 0.169. The van der Waals surface area contributed by atoms with Gasteiger partial charge in [0.05, 0.1) is 6.42 Å². The number of carbonyl (C=O) groups is 2. The number of amides is 1. The van der Waals surface area contributed by atoms with Crippen molar-refractivity contribution in [2.24, 2.45) is 0 Å². The van der Waals surface area contributed by atoms with Gasteiger partial charge in [0.15, 0.2) is 0 Å². The fourth-order valence-electron chi connectivity index (χ4n) is 1.18. The van der Waals surface area contributed by atoms with Gasteiger partial charge in [-0.2, -0.15) is 0 Å². The smallest absolute Gasteiger partial charge is 0.326 e. The highest BCUT2D eigenvalue weighted by Gasteiger charge is 2.21. The second-order valence-corrected chi connectivity index (χ2v) is 3.56. The zero-order chi connectivity index (χ0) is 12.1. The molecule has 0 aliphatic rings. The van der Waals surface area contributed by atoms with Crippen molar-refractivity contribution in [3.8, 4) is 0 Å². The van der Waals surface area contributed by atoms with Gasteiger partial charge >= 0.3 is 5.97 Å². The molecule has 0 saturated carbocycles. The summed E-state index contributed by atoms with van der Waals surface area (Å²) in [4.78, 5) is 27.5. The monoisotopic (exact) mass is 222 g/mol. The Kier molecular flexibility index (Phi) is 3.99. The molecule has 1 aromatic heterocycles. The number of aliphatic carboxylic acids is 1. The van der Waals surface area contributed by atoms with E-state index in [1.54, 1.807) is 24.5 Å². The van der Waals surface area contributed by atoms with Crippen LogP contribution in [-0.2, 0) is 16.0 Å². The molecule has 0 aromatic carbocycles. The summed E-state index contributed by atoms with van der Waals surface area (Å²) in [5.74, 6) is -1.25. The molecule has 0 radical (unpaired) electrons. The Morgan fingerprint density at radius 1 is 1.56 bits per heavy atom. The Hall–Kier alpha value is -1.91. The van der Waals surface area contributed by atoms with Crippen molar-refractivity contribution in [1.82, 2.24) is 9.88 Å². The molecule has 1 heterocycles. The number of carboxylic acid groups (broad SMARTS) is 1. The van der Waals surface area contributed by atoms with E-state index in [2.05, 4.69) is 4.98 Å². The molecule has 0 fully saturated rings. The molecule has 1 amide bonds. The van der Waals surface area contributed by atoms with Crippen LogP contribution in [0, 0.1) is 0 Å². The average molecular weight is 222 g/mol. The highest BCUT2D eigenvalue weighted by molar-refractivity contribution is 5.84. The summed E-state index contributed by atoms with van der Waals surface area (Å²) in [6, 6.07) is 2.71. The number of pyridine rings is 1. The third-order valence-electron chi connectivity index (χ3n) is 2.41. The number of nitrogens with zero attached hydrogens (tertiary/aromatic N) is 2. The molecule has 0 aliphatic carbocycles. The quantitative estimate of drug-likeness (QED) is 0.807. The Labute approximate surface area is 93.7 Å². The summed E-state index contributed by atoms with van der Waals surface area (Å²) in [6.07, 6.45) is 3.39. The highest BCUT2D eigenvalue weighted by atomic mass is 16.4. The van der Waals surface area contributed by atoms with Crippen LogP contribution in [-0.4, -0.2) is 40.0 Å². The van der Waals surface area contributed by atoms with Gasteiger partial charge in [-0.1, -0.05) is 6.07 Å². The number of rotatable bonds is 4. The minimum atomic E-state index is -1.01. The van der Waals surface area contributed by atoms with Gasteiger partial charge in [0, 0.05) is 19.4 Å². The zero-order valence-corrected chi connectivity index (χ0v) is 9.25. The molecule has 0 aliphatic heterocycles. The summed E-state index contributed by atoms with van der Waals surface area (Å²) in [6.45, 7) is 1.48. The predicted molar refractivity (Wildman–Crippen MR) is 57.8 cm³/mol. The van der Waals surface area contributed by atoms with Gasteiger partial charge in [-0.3, -0.25) is 9.78 Å². The molecule has 5 nitrogen and oxygen atoms in total. The molecule has 1 unspecified atom stereocenters. The molecular weight excluding hydrogens is 208 g/mol. The number of carbonyl (C=O) groups excluding carboxylic acids is 1. The molecule has 86 valence electrons. The average Bonchev–Trinajstić information content (AvgIpc) is 2.28. The number of hydrogen-bond donors (Lipinski definition) is 1. The van der Waals surface area contributed by atoms with Crippen LogP contribution in [0.2, 0.25) is 0 Å². The maximum absolute atomic E-state index is 11.7. The Bertz CT molecular complexity index is 378. The Balaban J connectivity index is 2.63. The first kappa shape index (κ1) is 12.2. The summed E-state index contributed by atoms with van der Waals surface area (Å²) < 4.78 is 0. The van der Waals surface area contributed by atoms with Gasteiger partial charge in [-0.05, 0) is 18.6 Å². The van der Waals surface area contributed by atoms with Crippen molar-refractivity contribution in [2.75, 3.05) is 7.05 Å². The first-order chi connectivity index (χ1) is 7.52. The van der Waals surface area contributed by atoms with Crippen LogP contribution in [0.4, 0.5) is 0 Å². The van der Waals surface area contributed by atoms with E-state index in [1.807, 2.05) is 0 Å². The van der Waals surface area contributed by atoms with Gasteiger partial charge in [-0.25, -0.2) is 4.79 Å². The first-order valence-electron chi connectivity index (χ1n) is 4.89. The number of hydrogen-bond acceptors (Lipinski definition) is 3. The summed E-state index contributed by atoms with van der Waals surface area (Å²) in [5, 5.41) is 8.76. The molecule has 0 bridgehead atoms. The van der Waals surface area contributed by atoms with Crippen LogP contribution in [0.15, 0.2) is 24.5 Å². The van der Waals surface area contributed by atoms with Crippen molar-refractivity contribution in [2.45, 2.75) is 19.4 Å². The van der Waals surface area contributed by atoms with Crippen LogP contribution >= 0.6 is 0 Å². The second kappa shape index (κ2) is 5.25. The SMILES string of the molecule is CC(C(=O)O)N(C)C(=O)Cc1cccnc1. The molecule has 16 heavy (non-hydrogen) atoms. The van der Waals surface area contributed by atoms with Gasteiger partial charge < -0.3 is 10.0 Å². The van der Waals surface area contributed by atoms with Crippen LogP contribution in [0.5, 0.6) is 0 Å². The van der Waals surface area contributed by atoms with E-state index in [-0.39, 0.29) is 12.3 Å². The topological polar surface area (TPSA) is 70.5 Å². The summed E-state index contributed by atoms with van der Waals surface area (Å²) in [5.41, 5.74) is 0.775. The largest absolute Gasteiger partial charge is 0.480 e. The summed E-state index contributed by atoms with van der Waals surface area (Å²) >= 11 is 0. The third-order valence-corrected chi connectivity index (χ3v) is 2.41. The van der Waals surface area contributed by atoms with E-state index in [0.29, 0.717) is 0 Å². The van der Waals surface area contributed by atoms with E-state index in [4.69, 9.17) is 5.11 Å². The number of carboxylic acids is 1. The van der Waals surface area contributed by atoms with Gasteiger partial charge in [-0.15, -0.1) is 0 Å². The van der Waals surface area contributed by atoms with E-state index in [0.717, 1.165) is 5.56 Å². The van der Waals surface area contributed by atoms with Gasteiger partial charge in [0.2, 0.25) is 5.91 Å². The lowest BCUT2D eigenvalue weighted by molar-refractivity contribution is -0.148. The lowest BCUT2D eigenvalue weighted by atomic mass is 10.2. The Morgan fingerprint density at radius 2 is 2.25 bits per heavy atom. The third kappa shape index (κ3) is 3.05. The van der Waals surface area contributed by atoms with Crippen LogP contribution in [0.3, 0.4) is 0 Å². The molecule has 0 saturated heterocycles. The lowest BCUT2D eigenvalue weighted by Gasteiger charge is -2.21. The van der Waals surface area contributed by atoms with Crippen molar-refractivity contribution < 1.29 is 14.7 Å².